The number of carbonyl (C=O) groups excluding carboxylic acids is 1. The fraction of sp³-hybridized carbons (Fsp3) is 0.588. The van der Waals surface area contributed by atoms with Gasteiger partial charge in [0, 0.05) is 25.2 Å². The van der Waals surface area contributed by atoms with E-state index in [0.29, 0.717) is 24.0 Å². The molecule has 1 aromatic rings. The zero-order chi connectivity index (χ0) is 17.7. The third-order valence-corrected chi connectivity index (χ3v) is 4.46. The molecule has 0 radical (unpaired) electrons. The van der Waals surface area contributed by atoms with Crippen LogP contribution in [-0.4, -0.2) is 30.5 Å². The average molecular weight is 335 g/mol. The number of nitro groups is 1. The molecular weight excluding hydrogens is 310 g/mol. The second-order valence-corrected chi connectivity index (χ2v) is 6.24. The second-order valence-electron chi connectivity index (χ2n) is 6.24. The fourth-order valence-corrected chi connectivity index (χ4v) is 3.04. The van der Waals surface area contributed by atoms with Crippen LogP contribution in [0.1, 0.15) is 49.9 Å². The molecule has 1 saturated carbocycles. The maximum Gasteiger partial charge on any atom is 0.293 e. The zero-order valence-electron chi connectivity index (χ0n) is 14.4. The lowest BCUT2D eigenvalue weighted by Crippen LogP contribution is -2.37. The number of ether oxygens (including phenoxy) is 1. The number of hydrogen-bond acceptors (Lipinski definition) is 5. The van der Waals surface area contributed by atoms with Crippen LogP contribution in [0, 0.1) is 16.0 Å². The van der Waals surface area contributed by atoms with Crippen LogP contribution in [0.15, 0.2) is 12.1 Å². The highest BCUT2D eigenvalue weighted by Crippen LogP contribution is 2.33. The van der Waals surface area contributed by atoms with E-state index in [4.69, 9.17) is 4.74 Å². The van der Waals surface area contributed by atoms with Crippen LogP contribution in [0.5, 0.6) is 5.75 Å². The minimum Gasteiger partial charge on any atom is -0.493 e. The summed E-state index contributed by atoms with van der Waals surface area (Å²) in [7, 11) is 1.60. The molecule has 132 valence electrons. The summed E-state index contributed by atoms with van der Waals surface area (Å²) in [5.41, 5.74) is 0.399. The molecule has 1 amide bonds. The summed E-state index contributed by atoms with van der Waals surface area (Å²) in [6, 6.07) is 2.92. The zero-order valence-corrected chi connectivity index (χ0v) is 14.4. The molecule has 0 heterocycles. The average Bonchev–Trinajstić information content (AvgIpc) is 2.56. The van der Waals surface area contributed by atoms with Crippen molar-refractivity contribution in [3.63, 3.8) is 0 Å². The lowest BCUT2D eigenvalue weighted by Gasteiger charge is -2.27. The van der Waals surface area contributed by atoms with Crippen molar-refractivity contribution in [2.75, 3.05) is 19.0 Å². The van der Waals surface area contributed by atoms with E-state index in [1.54, 1.807) is 7.05 Å². The summed E-state index contributed by atoms with van der Waals surface area (Å²) in [5.74, 6) is 0.728. The molecule has 0 aromatic heterocycles. The van der Waals surface area contributed by atoms with Gasteiger partial charge in [0.05, 0.1) is 17.1 Å². The van der Waals surface area contributed by atoms with E-state index in [2.05, 4.69) is 17.6 Å². The van der Waals surface area contributed by atoms with Gasteiger partial charge in [-0.05, 0) is 38.5 Å². The monoisotopic (exact) mass is 335 g/mol. The van der Waals surface area contributed by atoms with Gasteiger partial charge in [-0.15, -0.1) is 0 Å². The van der Waals surface area contributed by atoms with Crippen molar-refractivity contribution in [2.45, 2.75) is 45.6 Å². The summed E-state index contributed by atoms with van der Waals surface area (Å²) >= 11 is 0. The molecule has 0 bridgehead atoms. The van der Waals surface area contributed by atoms with Gasteiger partial charge in [0.15, 0.2) is 0 Å². The van der Waals surface area contributed by atoms with Gasteiger partial charge in [-0.25, -0.2) is 0 Å². The Bertz CT molecular complexity index is 610. The Labute approximate surface area is 141 Å². The standard InChI is InChI=1S/C17H25N3O4/c1-4-24-16-10-14(18-3)15(20(22)23)9-13(16)17(21)19-12-7-5-11(2)6-8-12/h9-12,18H,4-8H2,1-3H3,(H,19,21)/t11-,12-. The second kappa shape index (κ2) is 7.99. The van der Waals surface area contributed by atoms with Gasteiger partial charge >= 0.3 is 0 Å². The van der Waals surface area contributed by atoms with Crippen molar-refractivity contribution in [3.05, 3.63) is 27.8 Å². The van der Waals surface area contributed by atoms with Crippen LogP contribution in [0.25, 0.3) is 0 Å². The van der Waals surface area contributed by atoms with Crippen molar-refractivity contribution in [3.8, 4) is 5.75 Å². The largest absolute Gasteiger partial charge is 0.493 e. The molecule has 7 heteroatoms. The summed E-state index contributed by atoms with van der Waals surface area (Å²) in [6.07, 6.45) is 4.05. The van der Waals surface area contributed by atoms with E-state index in [1.165, 1.54) is 12.1 Å². The first-order chi connectivity index (χ1) is 11.5. The Morgan fingerprint density at radius 3 is 2.54 bits per heavy atom. The maximum absolute atomic E-state index is 12.6. The highest BCUT2D eigenvalue weighted by Gasteiger charge is 2.25. The van der Waals surface area contributed by atoms with Crippen LogP contribution in [0.3, 0.4) is 0 Å². The van der Waals surface area contributed by atoms with Crippen molar-refractivity contribution < 1.29 is 14.5 Å². The van der Waals surface area contributed by atoms with Crippen molar-refractivity contribution >= 4 is 17.3 Å². The lowest BCUT2D eigenvalue weighted by molar-refractivity contribution is -0.384. The molecule has 0 saturated heterocycles. The van der Waals surface area contributed by atoms with E-state index in [0.717, 1.165) is 25.7 Å². The van der Waals surface area contributed by atoms with Gasteiger partial charge in [0.2, 0.25) is 0 Å². The topological polar surface area (TPSA) is 93.5 Å². The van der Waals surface area contributed by atoms with Crippen LogP contribution in [-0.2, 0) is 0 Å². The first-order valence-corrected chi connectivity index (χ1v) is 8.40. The first-order valence-electron chi connectivity index (χ1n) is 8.40. The number of anilines is 1. The lowest BCUT2D eigenvalue weighted by atomic mass is 9.87. The fourth-order valence-electron chi connectivity index (χ4n) is 3.04. The van der Waals surface area contributed by atoms with Crippen LogP contribution in [0.4, 0.5) is 11.4 Å². The number of hydrogen-bond donors (Lipinski definition) is 2. The highest BCUT2D eigenvalue weighted by atomic mass is 16.6. The molecule has 2 N–H and O–H groups in total. The van der Waals surface area contributed by atoms with Crippen molar-refractivity contribution in [1.82, 2.24) is 5.32 Å². The van der Waals surface area contributed by atoms with Crippen molar-refractivity contribution in [2.24, 2.45) is 5.92 Å². The minimum atomic E-state index is -0.499. The van der Waals surface area contributed by atoms with E-state index >= 15 is 0 Å². The number of benzene rings is 1. The molecular formula is C17H25N3O4. The maximum atomic E-state index is 12.6. The van der Waals surface area contributed by atoms with E-state index in [-0.39, 0.29) is 23.2 Å². The molecule has 1 aliphatic rings. The molecule has 1 aromatic carbocycles. The quantitative estimate of drug-likeness (QED) is 0.614. The highest BCUT2D eigenvalue weighted by molar-refractivity contribution is 5.99. The molecule has 0 atom stereocenters. The molecule has 1 fully saturated rings. The molecule has 1 aliphatic carbocycles. The molecule has 0 aliphatic heterocycles. The Kier molecular flexibility index (Phi) is 6.00. The summed E-state index contributed by atoms with van der Waals surface area (Å²) in [4.78, 5) is 23.4. The Morgan fingerprint density at radius 1 is 1.33 bits per heavy atom. The van der Waals surface area contributed by atoms with Crippen LogP contribution >= 0.6 is 0 Å². The first kappa shape index (κ1) is 18.0. The Balaban J connectivity index is 2.27. The molecule has 2 rings (SSSR count). The number of nitrogens with zero attached hydrogens (tertiary/aromatic N) is 1. The summed E-state index contributed by atoms with van der Waals surface area (Å²) in [5, 5.41) is 17.0. The smallest absolute Gasteiger partial charge is 0.293 e. The minimum absolute atomic E-state index is 0.117. The SMILES string of the molecule is CCOc1cc(NC)c([N+](=O)[O-])cc1C(=O)N[C@H]1CC[C@H](C)CC1. The van der Waals surface area contributed by atoms with Gasteiger partial charge in [0.1, 0.15) is 11.4 Å². The van der Waals surface area contributed by atoms with Crippen LogP contribution in [0.2, 0.25) is 0 Å². The molecule has 7 nitrogen and oxygen atoms in total. The molecule has 24 heavy (non-hydrogen) atoms. The normalized spacial score (nSPS) is 20.3. The molecule has 0 spiro atoms. The van der Waals surface area contributed by atoms with E-state index in [1.807, 2.05) is 6.92 Å². The number of nitro benzene ring substituents is 1. The van der Waals surface area contributed by atoms with Gasteiger partial charge < -0.3 is 15.4 Å². The van der Waals surface area contributed by atoms with E-state index < -0.39 is 4.92 Å². The van der Waals surface area contributed by atoms with Crippen LogP contribution < -0.4 is 15.4 Å². The summed E-state index contributed by atoms with van der Waals surface area (Å²) in [6.45, 7) is 4.40. The predicted octanol–water partition coefficient (Wildman–Crippen LogP) is 3.34. The third-order valence-electron chi connectivity index (χ3n) is 4.46. The van der Waals surface area contributed by atoms with Gasteiger partial charge in [-0.3, -0.25) is 14.9 Å². The number of nitrogens with one attached hydrogen (secondary N) is 2. The molecule has 0 unspecified atom stereocenters. The Hall–Kier alpha value is -2.31. The number of rotatable bonds is 6. The predicted molar refractivity (Wildman–Crippen MR) is 92.7 cm³/mol. The summed E-state index contributed by atoms with van der Waals surface area (Å²) < 4.78 is 5.52. The van der Waals surface area contributed by atoms with Gasteiger partial charge in [0.25, 0.3) is 11.6 Å². The van der Waals surface area contributed by atoms with E-state index in [9.17, 15) is 14.9 Å². The van der Waals surface area contributed by atoms with Gasteiger partial charge in [-0.2, -0.15) is 0 Å². The number of amides is 1. The number of carbonyl (C=O) groups is 1. The third kappa shape index (κ3) is 4.15. The van der Waals surface area contributed by atoms with Gasteiger partial charge in [-0.1, -0.05) is 6.92 Å². The van der Waals surface area contributed by atoms with Crippen molar-refractivity contribution in [1.29, 1.82) is 0 Å². The Morgan fingerprint density at radius 2 is 2.00 bits per heavy atom.